The number of aromatic nitrogens is 3. The molecule has 2 heterocycles. The minimum Gasteiger partial charge on any atom is -0.338 e. The number of halogens is 1. The lowest BCUT2D eigenvalue weighted by molar-refractivity contribution is 0.585. The minimum absolute atomic E-state index is 0.470. The third-order valence-corrected chi connectivity index (χ3v) is 1.69. The first kappa shape index (κ1) is 8.68. The number of aryl methyl sites for hydroxylation is 1. The Labute approximate surface area is 80.4 Å². The summed E-state index contributed by atoms with van der Waals surface area (Å²) in [6.07, 6.45) is 3.43. The van der Waals surface area contributed by atoms with Gasteiger partial charge in [0, 0.05) is 13.2 Å². The molecule has 0 spiro atoms. The van der Waals surface area contributed by atoms with E-state index in [-0.39, 0.29) is 0 Å². The van der Waals surface area contributed by atoms with Crippen molar-refractivity contribution in [1.82, 2.24) is 14.8 Å². The smallest absolute Gasteiger partial charge is 0.214 e. The van der Waals surface area contributed by atoms with Gasteiger partial charge in [0.1, 0.15) is 5.82 Å². The Morgan fingerprint density at radius 3 is 2.93 bits per heavy atom. The highest BCUT2D eigenvalue weighted by molar-refractivity contribution is 5.53. The van der Waals surface area contributed by atoms with E-state index in [4.69, 9.17) is 0 Å². The van der Waals surface area contributed by atoms with E-state index < -0.39 is 5.95 Å². The maximum absolute atomic E-state index is 12.7. The van der Waals surface area contributed by atoms with Gasteiger partial charge in [-0.05, 0) is 12.1 Å². The molecule has 0 aliphatic rings. The fourth-order valence-electron chi connectivity index (χ4n) is 1.11. The maximum Gasteiger partial charge on any atom is 0.214 e. The molecule has 0 unspecified atom stereocenters. The maximum atomic E-state index is 12.7. The van der Waals surface area contributed by atoms with Crippen LogP contribution in [0.2, 0.25) is 0 Å². The van der Waals surface area contributed by atoms with Gasteiger partial charge in [-0.3, -0.25) is 4.68 Å². The predicted octanol–water partition coefficient (Wildman–Crippen LogP) is 1.70. The van der Waals surface area contributed by atoms with E-state index in [0.29, 0.717) is 5.82 Å². The third kappa shape index (κ3) is 1.87. The lowest BCUT2D eigenvalue weighted by Gasteiger charge is -2.00. The summed E-state index contributed by atoms with van der Waals surface area (Å²) in [4.78, 5) is 3.66. The summed E-state index contributed by atoms with van der Waals surface area (Å²) in [5.41, 5.74) is 0.783. The van der Waals surface area contributed by atoms with Crippen molar-refractivity contribution in [2.24, 2.45) is 7.05 Å². The van der Waals surface area contributed by atoms with Crippen LogP contribution in [-0.4, -0.2) is 14.8 Å². The van der Waals surface area contributed by atoms with Gasteiger partial charge >= 0.3 is 0 Å². The number of anilines is 2. The van der Waals surface area contributed by atoms with E-state index >= 15 is 0 Å². The highest BCUT2D eigenvalue weighted by Gasteiger charge is 1.98. The van der Waals surface area contributed by atoms with Gasteiger partial charge in [0.05, 0.1) is 11.9 Å². The van der Waals surface area contributed by atoms with Crippen molar-refractivity contribution in [3.8, 4) is 0 Å². The van der Waals surface area contributed by atoms with Gasteiger partial charge in [-0.2, -0.15) is 9.49 Å². The molecule has 0 bridgehead atoms. The highest BCUT2D eigenvalue weighted by Crippen LogP contribution is 2.12. The number of hydrogen-bond acceptors (Lipinski definition) is 3. The van der Waals surface area contributed by atoms with Crippen LogP contribution in [-0.2, 0) is 7.05 Å². The molecule has 14 heavy (non-hydrogen) atoms. The van der Waals surface area contributed by atoms with Gasteiger partial charge in [0.2, 0.25) is 5.95 Å². The Bertz CT molecular complexity index is 438. The van der Waals surface area contributed by atoms with E-state index in [1.807, 2.05) is 7.05 Å². The number of pyridine rings is 1. The largest absolute Gasteiger partial charge is 0.338 e. The second-order valence-electron chi connectivity index (χ2n) is 2.87. The van der Waals surface area contributed by atoms with Crippen LogP contribution in [0.15, 0.2) is 30.6 Å². The first-order valence-electron chi connectivity index (χ1n) is 4.12. The summed E-state index contributed by atoms with van der Waals surface area (Å²) in [5.74, 6) is -0.0307. The van der Waals surface area contributed by atoms with Gasteiger partial charge in [0.15, 0.2) is 0 Å². The average Bonchev–Trinajstić information content (AvgIpc) is 2.51. The number of rotatable bonds is 2. The van der Waals surface area contributed by atoms with Crippen molar-refractivity contribution in [3.05, 3.63) is 36.5 Å². The second kappa shape index (κ2) is 3.45. The number of hydrogen-bond donors (Lipinski definition) is 1. The normalized spacial score (nSPS) is 10.1. The molecule has 0 aromatic carbocycles. The van der Waals surface area contributed by atoms with Crippen molar-refractivity contribution in [3.63, 3.8) is 0 Å². The van der Waals surface area contributed by atoms with E-state index in [2.05, 4.69) is 15.4 Å². The molecule has 0 saturated heterocycles. The van der Waals surface area contributed by atoms with Gasteiger partial charge in [-0.1, -0.05) is 6.07 Å². The molecule has 0 amide bonds. The van der Waals surface area contributed by atoms with Crippen LogP contribution in [0.5, 0.6) is 0 Å². The van der Waals surface area contributed by atoms with Crippen LogP contribution in [0.3, 0.4) is 0 Å². The minimum atomic E-state index is -0.501. The monoisotopic (exact) mass is 192 g/mol. The third-order valence-electron chi connectivity index (χ3n) is 1.69. The van der Waals surface area contributed by atoms with Crippen molar-refractivity contribution in [2.45, 2.75) is 0 Å². The summed E-state index contributed by atoms with van der Waals surface area (Å²) >= 11 is 0. The molecule has 0 saturated carbocycles. The first-order valence-corrected chi connectivity index (χ1v) is 4.12. The summed E-state index contributed by atoms with van der Waals surface area (Å²) in [7, 11) is 1.81. The molecule has 0 aliphatic heterocycles. The van der Waals surface area contributed by atoms with Gasteiger partial charge < -0.3 is 5.32 Å². The molecule has 0 aliphatic carbocycles. The topological polar surface area (TPSA) is 42.7 Å². The molecular formula is C9H9FN4. The quantitative estimate of drug-likeness (QED) is 0.736. The van der Waals surface area contributed by atoms with Crippen LogP contribution < -0.4 is 5.32 Å². The van der Waals surface area contributed by atoms with Gasteiger partial charge in [0.25, 0.3) is 0 Å². The van der Waals surface area contributed by atoms with Crippen LogP contribution in [0.25, 0.3) is 0 Å². The van der Waals surface area contributed by atoms with Crippen LogP contribution in [0.4, 0.5) is 15.9 Å². The second-order valence-corrected chi connectivity index (χ2v) is 2.87. The van der Waals surface area contributed by atoms with Crippen molar-refractivity contribution < 1.29 is 4.39 Å². The van der Waals surface area contributed by atoms with Gasteiger partial charge in [-0.15, -0.1) is 0 Å². The molecule has 2 rings (SSSR count). The van der Waals surface area contributed by atoms with E-state index in [1.54, 1.807) is 29.2 Å². The van der Waals surface area contributed by atoms with E-state index in [1.165, 1.54) is 6.07 Å². The molecule has 0 radical (unpaired) electrons. The van der Waals surface area contributed by atoms with Crippen LogP contribution >= 0.6 is 0 Å². The standard InChI is InChI=1S/C9H9FN4/c1-14-6-7(5-11-14)12-9-4-2-3-8(10)13-9/h2-6H,1H3,(H,12,13). The molecule has 0 fully saturated rings. The van der Waals surface area contributed by atoms with Gasteiger partial charge in [-0.25, -0.2) is 4.98 Å². The Morgan fingerprint density at radius 2 is 2.29 bits per heavy atom. The molecule has 72 valence electrons. The molecule has 0 atom stereocenters. The lowest BCUT2D eigenvalue weighted by atomic mass is 10.4. The van der Waals surface area contributed by atoms with Crippen LogP contribution in [0.1, 0.15) is 0 Å². The van der Waals surface area contributed by atoms with E-state index in [9.17, 15) is 4.39 Å². The summed E-state index contributed by atoms with van der Waals surface area (Å²) < 4.78 is 14.4. The molecule has 2 aromatic rings. The Balaban J connectivity index is 2.18. The zero-order chi connectivity index (χ0) is 9.97. The Kier molecular flexibility index (Phi) is 2.14. The van der Waals surface area contributed by atoms with Crippen molar-refractivity contribution >= 4 is 11.5 Å². The number of nitrogens with zero attached hydrogens (tertiary/aromatic N) is 3. The number of nitrogens with one attached hydrogen (secondary N) is 1. The molecule has 5 heteroatoms. The first-order chi connectivity index (χ1) is 6.74. The Morgan fingerprint density at radius 1 is 1.43 bits per heavy atom. The summed E-state index contributed by atoms with van der Waals surface area (Å²) in [5, 5.41) is 6.90. The predicted molar refractivity (Wildman–Crippen MR) is 50.7 cm³/mol. The lowest BCUT2D eigenvalue weighted by Crippen LogP contribution is -1.93. The molecular weight excluding hydrogens is 183 g/mol. The summed E-state index contributed by atoms with van der Waals surface area (Å²) in [6.45, 7) is 0. The fourth-order valence-corrected chi connectivity index (χ4v) is 1.11. The van der Waals surface area contributed by atoms with Crippen LogP contribution in [0, 0.1) is 5.95 Å². The average molecular weight is 192 g/mol. The SMILES string of the molecule is Cn1cc(Nc2cccc(F)n2)cn1. The molecule has 4 nitrogen and oxygen atoms in total. The molecule has 1 N–H and O–H groups in total. The van der Waals surface area contributed by atoms with Crippen molar-refractivity contribution in [2.75, 3.05) is 5.32 Å². The zero-order valence-corrected chi connectivity index (χ0v) is 7.61. The van der Waals surface area contributed by atoms with E-state index in [0.717, 1.165) is 5.69 Å². The summed E-state index contributed by atoms with van der Waals surface area (Å²) in [6, 6.07) is 4.59. The zero-order valence-electron chi connectivity index (χ0n) is 7.61. The highest BCUT2D eigenvalue weighted by atomic mass is 19.1. The molecule has 2 aromatic heterocycles. The Hall–Kier alpha value is -1.91. The van der Waals surface area contributed by atoms with Crippen molar-refractivity contribution in [1.29, 1.82) is 0 Å². The fraction of sp³-hybridized carbons (Fsp3) is 0.111.